The van der Waals surface area contributed by atoms with E-state index >= 15 is 0 Å². The van der Waals surface area contributed by atoms with Gasteiger partial charge in [-0.05, 0) is 36.5 Å². The molecule has 1 aliphatic heterocycles. The van der Waals surface area contributed by atoms with Crippen LogP contribution in [0.2, 0.25) is 0 Å². The van der Waals surface area contributed by atoms with Crippen LogP contribution in [0.4, 0.5) is 9.18 Å². The number of aryl methyl sites for hydroxylation is 1. The number of hydrogen-bond acceptors (Lipinski definition) is 4. The first-order valence-electron chi connectivity index (χ1n) is 8.16. The number of nitrogens with zero attached hydrogens (tertiary/aromatic N) is 3. The Labute approximate surface area is 140 Å². The lowest BCUT2D eigenvalue weighted by molar-refractivity contribution is 0.164. The van der Waals surface area contributed by atoms with Crippen molar-refractivity contribution in [3.05, 3.63) is 47.4 Å². The van der Waals surface area contributed by atoms with Gasteiger partial charge in [0.2, 0.25) is 5.89 Å². The Hall–Kier alpha value is -2.44. The Balaban J connectivity index is 1.51. The standard InChI is InChI=1S/C17H21FN4O2/c1-12-20-16(21-24-12)9-14-5-3-7-22(11-14)17(23)19-10-13-4-2-6-15(18)8-13/h2,4,6,8,14H,3,5,7,9-11H2,1H3,(H,19,23). The Bertz CT molecular complexity index is 703. The smallest absolute Gasteiger partial charge is 0.317 e. The summed E-state index contributed by atoms with van der Waals surface area (Å²) < 4.78 is 18.2. The maximum absolute atomic E-state index is 13.2. The monoisotopic (exact) mass is 332 g/mol. The number of piperidine rings is 1. The molecule has 1 aromatic heterocycles. The van der Waals surface area contributed by atoms with Crippen molar-refractivity contribution in [1.29, 1.82) is 0 Å². The van der Waals surface area contributed by atoms with Crippen LogP contribution in [0.3, 0.4) is 0 Å². The number of halogens is 1. The van der Waals surface area contributed by atoms with Gasteiger partial charge < -0.3 is 14.7 Å². The molecule has 1 aliphatic rings. The lowest BCUT2D eigenvalue weighted by Crippen LogP contribution is -2.45. The summed E-state index contributed by atoms with van der Waals surface area (Å²) in [4.78, 5) is 18.4. The van der Waals surface area contributed by atoms with E-state index in [-0.39, 0.29) is 11.8 Å². The highest BCUT2D eigenvalue weighted by molar-refractivity contribution is 5.74. The van der Waals surface area contributed by atoms with E-state index < -0.39 is 0 Å². The second kappa shape index (κ2) is 7.42. The van der Waals surface area contributed by atoms with E-state index in [0.29, 0.717) is 37.1 Å². The topological polar surface area (TPSA) is 71.3 Å². The van der Waals surface area contributed by atoms with E-state index in [1.165, 1.54) is 12.1 Å². The number of rotatable bonds is 4. The number of nitrogens with one attached hydrogen (secondary N) is 1. The normalized spacial score (nSPS) is 17.8. The molecule has 0 saturated carbocycles. The van der Waals surface area contributed by atoms with E-state index in [9.17, 15) is 9.18 Å². The third-order valence-corrected chi connectivity index (χ3v) is 4.18. The van der Waals surface area contributed by atoms with Crippen LogP contribution in [0.5, 0.6) is 0 Å². The van der Waals surface area contributed by atoms with Gasteiger partial charge >= 0.3 is 6.03 Å². The van der Waals surface area contributed by atoms with Crippen LogP contribution in [0.15, 0.2) is 28.8 Å². The van der Waals surface area contributed by atoms with Gasteiger partial charge in [0.25, 0.3) is 0 Å². The lowest BCUT2D eigenvalue weighted by atomic mass is 9.95. The number of carbonyl (C=O) groups excluding carboxylic acids is 1. The van der Waals surface area contributed by atoms with Crippen molar-refractivity contribution in [1.82, 2.24) is 20.4 Å². The van der Waals surface area contributed by atoms with Crippen molar-refractivity contribution in [2.45, 2.75) is 32.7 Å². The summed E-state index contributed by atoms with van der Waals surface area (Å²) in [6.07, 6.45) is 2.71. The lowest BCUT2D eigenvalue weighted by Gasteiger charge is -2.32. The molecule has 1 N–H and O–H groups in total. The molecule has 6 nitrogen and oxygen atoms in total. The predicted octanol–water partition coefficient (Wildman–Crippen LogP) is 2.68. The SMILES string of the molecule is Cc1nc(CC2CCCN(C(=O)NCc3cccc(F)c3)C2)no1. The second-order valence-corrected chi connectivity index (χ2v) is 6.18. The van der Waals surface area contributed by atoms with Crippen LogP contribution in [-0.4, -0.2) is 34.2 Å². The second-order valence-electron chi connectivity index (χ2n) is 6.18. The molecule has 1 atom stereocenters. The first-order valence-corrected chi connectivity index (χ1v) is 8.16. The number of amides is 2. The number of hydrogen-bond donors (Lipinski definition) is 1. The van der Waals surface area contributed by atoms with E-state index in [4.69, 9.17) is 4.52 Å². The molecule has 1 fully saturated rings. The summed E-state index contributed by atoms with van der Waals surface area (Å²) in [5, 5.41) is 6.78. The molecule has 3 rings (SSSR count). The summed E-state index contributed by atoms with van der Waals surface area (Å²) in [6, 6.07) is 6.13. The molecule has 128 valence electrons. The average Bonchev–Trinajstić information content (AvgIpc) is 2.98. The van der Waals surface area contributed by atoms with E-state index in [2.05, 4.69) is 15.5 Å². The number of carbonyl (C=O) groups is 1. The van der Waals surface area contributed by atoms with Crippen molar-refractivity contribution in [3.63, 3.8) is 0 Å². The van der Waals surface area contributed by atoms with Crippen LogP contribution in [0.25, 0.3) is 0 Å². The van der Waals surface area contributed by atoms with Crippen molar-refractivity contribution in [2.24, 2.45) is 5.92 Å². The number of benzene rings is 1. The fourth-order valence-electron chi connectivity index (χ4n) is 3.03. The predicted molar refractivity (Wildman–Crippen MR) is 85.7 cm³/mol. The average molecular weight is 332 g/mol. The summed E-state index contributed by atoms with van der Waals surface area (Å²) in [5.41, 5.74) is 0.749. The van der Waals surface area contributed by atoms with Gasteiger partial charge in [-0.15, -0.1) is 0 Å². The first-order chi connectivity index (χ1) is 11.6. The Morgan fingerprint density at radius 3 is 3.12 bits per heavy atom. The van der Waals surface area contributed by atoms with Crippen molar-refractivity contribution >= 4 is 6.03 Å². The van der Waals surface area contributed by atoms with Crippen molar-refractivity contribution < 1.29 is 13.7 Å². The number of likely N-dealkylation sites (tertiary alicyclic amines) is 1. The maximum atomic E-state index is 13.2. The quantitative estimate of drug-likeness (QED) is 0.934. The van der Waals surface area contributed by atoms with E-state index in [0.717, 1.165) is 24.9 Å². The summed E-state index contributed by atoms with van der Waals surface area (Å²) in [7, 11) is 0. The molecule has 0 aliphatic carbocycles. The van der Waals surface area contributed by atoms with Crippen LogP contribution in [-0.2, 0) is 13.0 Å². The van der Waals surface area contributed by atoms with Crippen LogP contribution < -0.4 is 5.32 Å². The largest absolute Gasteiger partial charge is 0.340 e. The Kier molecular flexibility index (Phi) is 5.08. The highest BCUT2D eigenvalue weighted by Crippen LogP contribution is 2.20. The van der Waals surface area contributed by atoms with Gasteiger partial charge in [-0.3, -0.25) is 0 Å². The zero-order valence-corrected chi connectivity index (χ0v) is 13.7. The molecule has 1 aromatic carbocycles. The summed E-state index contributed by atoms with van der Waals surface area (Å²) in [5.74, 6) is 1.29. The Morgan fingerprint density at radius 2 is 2.38 bits per heavy atom. The molecule has 1 unspecified atom stereocenters. The zero-order chi connectivity index (χ0) is 16.9. The molecule has 0 spiro atoms. The van der Waals surface area contributed by atoms with Gasteiger partial charge in [0.15, 0.2) is 5.82 Å². The molecule has 0 radical (unpaired) electrons. The van der Waals surface area contributed by atoms with Gasteiger partial charge in [0, 0.05) is 33.0 Å². The fraction of sp³-hybridized carbons (Fsp3) is 0.471. The summed E-state index contributed by atoms with van der Waals surface area (Å²) in [6.45, 7) is 3.49. The van der Waals surface area contributed by atoms with E-state index in [1.807, 2.05) is 0 Å². The van der Waals surface area contributed by atoms with Crippen LogP contribution in [0.1, 0.15) is 30.1 Å². The maximum Gasteiger partial charge on any atom is 0.317 e. The van der Waals surface area contributed by atoms with Gasteiger partial charge in [0.05, 0.1) is 0 Å². The van der Waals surface area contributed by atoms with Crippen LogP contribution >= 0.6 is 0 Å². The number of aromatic nitrogens is 2. The summed E-state index contributed by atoms with van der Waals surface area (Å²) >= 11 is 0. The number of urea groups is 1. The highest BCUT2D eigenvalue weighted by atomic mass is 19.1. The molecule has 1 saturated heterocycles. The van der Waals surface area contributed by atoms with Crippen molar-refractivity contribution in [3.8, 4) is 0 Å². The zero-order valence-electron chi connectivity index (χ0n) is 13.7. The molecular formula is C17H21FN4O2. The molecule has 0 bridgehead atoms. The molecular weight excluding hydrogens is 311 g/mol. The van der Waals surface area contributed by atoms with E-state index in [1.54, 1.807) is 24.0 Å². The molecule has 2 aromatic rings. The van der Waals surface area contributed by atoms with Gasteiger partial charge in [0.1, 0.15) is 5.82 Å². The minimum atomic E-state index is -0.296. The molecule has 2 amide bonds. The third kappa shape index (κ3) is 4.31. The molecule has 2 heterocycles. The minimum Gasteiger partial charge on any atom is -0.340 e. The highest BCUT2D eigenvalue weighted by Gasteiger charge is 2.25. The Morgan fingerprint density at radius 1 is 1.50 bits per heavy atom. The molecule has 24 heavy (non-hydrogen) atoms. The van der Waals surface area contributed by atoms with Gasteiger partial charge in [-0.2, -0.15) is 4.98 Å². The van der Waals surface area contributed by atoms with Gasteiger partial charge in [-0.1, -0.05) is 17.3 Å². The minimum absolute atomic E-state index is 0.117. The van der Waals surface area contributed by atoms with Crippen LogP contribution in [0, 0.1) is 18.7 Å². The third-order valence-electron chi connectivity index (χ3n) is 4.18. The first kappa shape index (κ1) is 16.4. The fourth-order valence-corrected chi connectivity index (χ4v) is 3.03. The van der Waals surface area contributed by atoms with Crippen molar-refractivity contribution in [2.75, 3.05) is 13.1 Å². The van der Waals surface area contributed by atoms with Gasteiger partial charge in [-0.25, -0.2) is 9.18 Å². The molecule has 7 heteroatoms.